The Hall–Kier alpha value is -2.53. The minimum absolute atomic E-state index is 0.193. The third-order valence-electron chi connectivity index (χ3n) is 4.71. The van der Waals surface area contributed by atoms with E-state index < -0.39 is 5.60 Å². The van der Waals surface area contributed by atoms with Crippen molar-refractivity contribution >= 4 is 29.1 Å². The molecule has 0 bridgehead atoms. The number of likely N-dealkylation sites (tertiary alicyclic amines) is 1. The Morgan fingerprint density at radius 2 is 1.93 bits per heavy atom. The molecule has 2 aromatic rings. The first-order chi connectivity index (χ1) is 13.3. The molecule has 0 spiro atoms. The van der Waals surface area contributed by atoms with Gasteiger partial charge in [0.2, 0.25) is 5.91 Å². The highest BCUT2D eigenvalue weighted by atomic mass is 35.5. The third-order valence-corrected chi connectivity index (χ3v) is 4.97. The summed E-state index contributed by atoms with van der Waals surface area (Å²) in [6, 6.07) is 14.5. The zero-order chi connectivity index (χ0) is 20.1. The van der Waals surface area contributed by atoms with E-state index >= 15 is 0 Å². The van der Waals surface area contributed by atoms with Crippen LogP contribution in [0.15, 0.2) is 48.5 Å². The van der Waals surface area contributed by atoms with E-state index in [0.29, 0.717) is 29.4 Å². The normalized spacial score (nSPS) is 14.7. The smallest absolute Gasteiger partial charge is 0.267 e. The maximum atomic E-state index is 12.7. The molecule has 148 valence electrons. The van der Waals surface area contributed by atoms with Crippen LogP contribution in [-0.4, -0.2) is 28.9 Å². The molecule has 1 saturated heterocycles. The number of carbonyl (C=O) groups is 2. The van der Waals surface area contributed by atoms with E-state index in [4.69, 9.17) is 16.3 Å². The van der Waals surface area contributed by atoms with E-state index in [1.54, 1.807) is 38.1 Å². The molecule has 5 nitrogen and oxygen atoms in total. The number of halogens is 1. The summed E-state index contributed by atoms with van der Waals surface area (Å²) in [7, 11) is 0. The van der Waals surface area contributed by atoms with Gasteiger partial charge in [-0.3, -0.25) is 9.59 Å². The van der Waals surface area contributed by atoms with Crippen molar-refractivity contribution in [1.82, 2.24) is 4.90 Å². The number of ether oxygens (including phenoxy) is 1. The highest BCUT2D eigenvalue weighted by Crippen LogP contribution is 2.23. The predicted octanol–water partition coefficient (Wildman–Crippen LogP) is 4.65. The number of benzene rings is 2. The lowest BCUT2D eigenvalue weighted by Gasteiger charge is -2.27. The lowest BCUT2D eigenvalue weighted by atomic mass is 10.1. The van der Waals surface area contributed by atoms with Gasteiger partial charge in [0.1, 0.15) is 5.75 Å². The maximum Gasteiger partial charge on any atom is 0.267 e. The van der Waals surface area contributed by atoms with Crippen molar-refractivity contribution in [3.63, 3.8) is 0 Å². The first-order valence-corrected chi connectivity index (χ1v) is 9.84. The van der Waals surface area contributed by atoms with Crippen LogP contribution in [0.4, 0.5) is 5.69 Å². The summed E-state index contributed by atoms with van der Waals surface area (Å²) in [5, 5.41) is 3.52. The van der Waals surface area contributed by atoms with Crippen molar-refractivity contribution in [2.75, 3.05) is 11.9 Å². The Labute approximate surface area is 170 Å². The molecule has 1 aliphatic heterocycles. The van der Waals surface area contributed by atoms with Crippen LogP contribution in [0.3, 0.4) is 0 Å². The second kappa shape index (κ2) is 8.65. The molecule has 0 saturated carbocycles. The summed E-state index contributed by atoms with van der Waals surface area (Å²) in [4.78, 5) is 26.6. The molecule has 1 N–H and O–H groups in total. The lowest BCUT2D eigenvalue weighted by molar-refractivity contribution is -0.133. The van der Waals surface area contributed by atoms with Crippen LogP contribution in [0.25, 0.3) is 0 Å². The largest absolute Gasteiger partial charge is 0.478 e. The molecular formula is C22H25ClN2O3. The fraction of sp³-hybridized carbons (Fsp3) is 0.364. The molecule has 0 unspecified atom stereocenters. The van der Waals surface area contributed by atoms with Crippen LogP contribution in [0, 0.1) is 0 Å². The van der Waals surface area contributed by atoms with Crippen LogP contribution < -0.4 is 10.1 Å². The van der Waals surface area contributed by atoms with Gasteiger partial charge in [0.25, 0.3) is 5.91 Å². The van der Waals surface area contributed by atoms with Crippen molar-refractivity contribution in [2.24, 2.45) is 0 Å². The standard InChI is InChI=1S/C22H25ClN2O3/c1-22(2,28-19-11-9-17(23)10-12-19)21(27)24-18-7-5-6-16(14-18)15-25-13-4-3-8-20(25)26/h5-7,9-12,14H,3-4,8,13,15H2,1-2H3,(H,24,27). The topological polar surface area (TPSA) is 58.6 Å². The Morgan fingerprint density at radius 3 is 2.64 bits per heavy atom. The molecule has 0 radical (unpaired) electrons. The lowest BCUT2D eigenvalue weighted by Crippen LogP contribution is -2.42. The van der Waals surface area contributed by atoms with Crippen LogP contribution in [0.1, 0.15) is 38.7 Å². The van der Waals surface area contributed by atoms with E-state index in [-0.39, 0.29) is 11.8 Å². The summed E-state index contributed by atoms with van der Waals surface area (Å²) in [6.45, 7) is 4.78. The zero-order valence-corrected chi connectivity index (χ0v) is 17.0. The van der Waals surface area contributed by atoms with Gasteiger partial charge in [-0.2, -0.15) is 0 Å². The number of amides is 2. The quantitative estimate of drug-likeness (QED) is 0.767. The van der Waals surface area contributed by atoms with E-state index in [1.807, 2.05) is 29.2 Å². The number of hydrogen-bond donors (Lipinski definition) is 1. The third kappa shape index (κ3) is 5.26. The van der Waals surface area contributed by atoms with Crippen molar-refractivity contribution in [2.45, 2.75) is 45.3 Å². The van der Waals surface area contributed by atoms with Crippen LogP contribution >= 0.6 is 11.6 Å². The van der Waals surface area contributed by atoms with Crippen LogP contribution in [0.2, 0.25) is 5.02 Å². The number of rotatable bonds is 6. The number of nitrogens with one attached hydrogen (secondary N) is 1. The minimum atomic E-state index is -1.06. The van der Waals surface area contributed by atoms with E-state index in [9.17, 15) is 9.59 Å². The van der Waals surface area contributed by atoms with Crippen molar-refractivity contribution < 1.29 is 14.3 Å². The summed E-state index contributed by atoms with van der Waals surface area (Å²) in [5.74, 6) is 0.508. The van der Waals surface area contributed by atoms with Crippen molar-refractivity contribution in [1.29, 1.82) is 0 Å². The van der Waals surface area contributed by atoms with E-state index in [2.05, 4.69) is 5.32 Å². The maximum absolute atomic E-state index is 12.7. The Morgan fingerprint density at radius 1 is 1.18 bits per heavy atom. The van der Waals surface area contributed by atoms with E-state index in [0.717, 1.165) is 24.9 Å². The van der Waals surface area contributed by atoms with Gasteiger partial charge in [-0.1, -0.05) is 23.7 Å². The monoisotopic (exact) mass is 400 g/mol. The number of piperidine rings is 1. The molecule has 0 aromatic heterocycles. The van der Waals surface area contributed by atoms with Gasteiger partial charge < -0.3 is 15.0 Å². The number of anilines is 1. The molecule has 0 aliphatic carbocycles. The molecule has 1 aliphatic rings. The zero-order valence-electron chi connectivity index (χ0n) is 16.2. The summed E-state index contributed by atoms with van der Waals surface area (Å²) < 4.78 is 5.83. The first kappa shape index (κ1) is 20.2. The number of carbonyl (C=O) groups excluding carboxylic acids is 2. The average molecular weight is 401 g/mol. The van der Waals surface area contributed by atoms with Crippen LogP contribution in [0.5, 0.6) is 5.75 Å². The van der Waals surface area contributed by atoms with Crippen LogP contribution in [-0.2, 0) is 16.1 Å². The molecule has 2 amide bonds. The van der Waals surface area contributed by atoms with Gasteiger partial charge in [-0.25, -0.2) is 0 Å². The molecule has 1 heterocycles. The summed E-state index contributed by atoms with van der Waals surface area (Å²) in [5.41, 5.74) is 0.608. The molecule has 3 rings (SSSR count). The van der Waals surface area contributed by atoms with Gasteiger partial charge in [-0.15, -0.1) is 0 Å². The average Bonchev–Trinajstić information content (AvgIpc) is 2.66. The second-order valence-electron chi connectivity index (χ2n) is 7.49. The van der Waals surface area contributed by atoms with Gasteiger partial charge in [-0.05, 0) is 68.7 Å². The predicted molar refractivity (Wildman–Crippen MR) is 110 cm³/mol. The van der Waals surface area contributed by atoms with Gasteiger partial charge in [0.05, 0.1) is 0 Å². The van der Waals surface area contributed by atoms with E-state index in [1.165, 1.54) is 0 Å². The molecule has 1 fully saturated rings. The molecule has 0 atom stereocenters. The fourth-order valence-corrected chi connectivity index (χ4v) is 3.25. The minimum Gasteiger partial charge on any atom is -0.478 e. The second-order valence-corrected chi connectivity index (χ2v) is 7.93. The first-order valence-electron chi connectivity index (χ1n) is 9.46. The fourth-order valence-electron chi connectivity index (χ4n) is 3.12. The van der Waals surface area contributed by atoms with Gasteiger partial charge in [0.15, 0.2) is 5.60 Å². The molecule has 2 aromatic carbocycles. The highest BCUT2D eigenvalue weighted by molar-refractivity contribution is 6.30. The Bertz CT molecular complexity index is 849. The highest BCUT2D eigenvalue weighted by Gasteiger charge is 2.30. The molecular weight excluding hydrogens is 376 g/mol. The van der Waals surface area contributed by atoms with Crippen molar-refractivity contribution in [3.8, 4) is 5.75 Å². The molecule has 28 heavy (non-hydrogen) atoms. The van der Waals surface area contributed by atoms with Crippen molar-refractivity contribution in [3.05, 3.63) is 59.1 Å². The SMILES string of the molecule is CC(C)(Oc1ccc(Cl)cc1)C(=O)Nc1cccc(CN2CCCCC2=O)c1. The van der Waals surface area contributed by atoms with Gasteiger partial charge in [0, 0.05) is 30.2 Å². The Balaban J connectivity index is 1.64. The number of hydrogen-bond acceptors (Lipinski definition) is 3. The Kier molecular flexibility index (Phi) is 6.25. The number of nitrogens with zero attached hydrogens (tertiary/aromatic N) is 1. The summed E-state index contributed by atoms with van der Waals surface area (Å²) in [6.07, 6.45) is 2.62. The summed E-state index contributed by atoms with van der Waals surface area (Å²) >= 11 is 5.89. The van der Waals surface area contributed by atoms with Gasteiger partial charge >= 0.3 is 0 Å². The molecule has 6 heteroatoms.